The molecule has 0 atom stereocenters. The number of anilines is 1. The molecule has 0 aliphatic heterocycles. The highest BCUT2D eigenvalue weighted by Crippen LogP contribution is 2.23. The minimum absolute atomic E-state index is 0.539. The summed E-state index contributed by atoms with van der Waals surface area (Å²) in [5.74, 6) is 0. The summed E-state index contributed by atoms with van der Waals surface area (Å²) in [5, 5.41) is 0. The van der Waals surface area contributed by atoms with E-state index in [0.29, 0.717) is 5.69 Å². The van der Waals surface area contributed by atoms with Gasteiger partial charge in [0.1, 0.15) is 6.54 Å². The molecule has 0 saturated carbocycles. The number of hydrogen-bond donors (Lipinski definition) is 0. The molecule has 1 rings (SSSR count). The van der Waals surface area contributed by atoms with Crippen LogP contribution in [0, 0.1) is 0 Å². The lowest BCUT2D eigenvalue weighted by Crippen LogP contribution is -2.30. The van der Waals surface area contributed by atoms with E-state index in [9.17, 15) is 13.2 Å². The number of hydrogen-bond acceptors (Lipinski definition) is 1. The van der Waals surface area contributed by atoms with E-state index in [1.54, 1.807) is 24.3 Å². The molecule has 0 aromatic heterocycles. The zero-order valence-corrected chi connectivity index (χ0v) is 9.06. The van der Waals surface area contributed by atoms with E-state index in [1.807, 2.05) is 0 Å². The predicted molar refractivity (Wildman–Crippen MR) is 53.5 cm³/mol. The molecule has 0 saturated heterocycles. The Morgan fingerprint density at radius 1 is 1.36 bits per heavy atom. The van der Waals surface area contributed by atoms with Gasteiger partial charge in [-0.2, -0.15) is 13.2 Å². The maximum absolute atomic E-state index is 12.0. The largest absolute Gasteiger partial charge is 0.405 e. The molecule has 5 heteroatoms. The first-order chi connectivity index (χ1) is 6.38. The summed E-state index contributed by atoms with van der Waals surface area (Å²) in [6, 6.07) is 6.75. The molecule has 0 N–H and O–H groups in total. The molecule has 0 unspecified atom stereocenters. The molecule has 78 valence electrons. The lowest BCUT2D eigenvalue weighted by molar-refractivity contribution is -0.119. The Balaban J connectivity index is 2.74. The summed E-state index contributed by atoms with van der Waals surface area (Å²) < 4.78 is 36.9. The Labute approximate surface area is 88.7 Å². The van der Waals surface area contributed by atoms with Crippen molar-refractivity contribution < 1.29 is 13.2 Å². The minimum atomic E-state index is -4.17. The third-order valence-corrected chi connectivity index (χ3v) is 2.16. The van der Waals surface area contributed by atoms with Crippen LogP contribution in [0.5, 0.6) is 0 Å². The van der Waals surface area contributed by atoms with Crippen molar-refractivity contribution in [2.45, 2.75) is 6.18 Å². The Hall–Kier alpha value is -0.710. The second-order valence-electron chi connectivity index (χ2n) is 2.95. The summed E-state index contributed by atoms with van der Waals surface area (Å²) in [6.07, 6.45) is -4.17. The molecule has 0 amide bonds. The molecule has 0 bridgehead atoms. The Bertz CT molecular complexity index is 311. The van der Waals surface area contributed by atoms with Crippen LogP contribution >= 0.6 is 15.9 Å². The molecule has 1 aromatic rings. The fraction of sp³-hybridized carbons (Fsp3) is 0.333. The number of nitrogens with zero attached hydrogens (tertiary/aromatic N) is 1. The van der Waals surface area contributed by atoms with E-state index in [-0.39, 0.29) is 0 Å². The van der Waals surface area contributed by atoms with Gasteiger partial charge >= 0.3 is 6.18 Å². The molecule has 0 fully saturated rings. The van der Waals surface area contributed by atoms with E-state index in [1.165, 1.54) is 7.05 Å². The molecule has 0 radical (unpaired) electrons. The monoisotopic (exact) mass is 267 g/mol. The highest BCUT2D eigenvalue weighted by molar-refractivity contribution is 9.10. The van der Waals surface area contributed by atoms with Gasteiger partial charge in [-0.25, -0.2) is 0 Å². The SMILES string of the molecule is CN(CC(F)(F)F)c1cccc(Br)c1. The Morgan fingerprint density at radius 2 is 2.00 bits per heavy atom. The van der Waals surface area contributed by atoms with Crippen LogP contribution in [0.15, 0.2) is 28.7 Å². The molecule has 1 aromatic carbocycles. The van der Waals surface area contributed by atoms with E-state index >= 15 is 0 Å². The molecule has 0 heterocycles. The van der Waals surface area contributed by atoms with Crippen molar-refractivity contribution in [2.24, 2.45) is 0 Å². The lowest BCUT2D eigenvalue weighted by atomic mass is 10.3. The van der Waals surface area contributed by atoms with Crippen molar-refractivity contribution >= 4 is 21.6 Å². The van der Waals surface area contributed by atoms with E-state index in [2.05, 4.69) is 15.9 Å². The predicted octanol–water partition coefficient (Wildman–Crippen LogP) is 3.45. The molecule has 0 spiro atoms. The van der Waals surface area contributed by atoms with Crippen molar-refractivity contribution in [1.29, 1.82) is 0 Å². The first-order valence-electron chi connectivity index (χ1n) is 3.92. The Morgan fingerprint density at radius 3 is 2.50 bits per heavy atom. The van der Waals surface area contributed by atoms with Crippen molar-refractivity contribution in [3.05, 3.63) is 28.7 Å². The van der Waals surface area contributed by atoms with Gasteiger partial charge in [0.05, 0.1) is 0 Å². The van der Waals surface area contributed by atoms with E-state index in [4.69, 9.17) is 0 Å². The summed E-state index contributed by atoms with van der Waals surface area (Å²) in [7, 11) is 1.41. The Kier molecular flexibility index (Phi) is 3.42. The van der Waals surface area contributed by atoms with Crippen LogP contribution in [0.2, 0.25) is 0 Å². The fourth-order valence-electron chi connectivity index (χ4n) is 1.07. The number of halogens is 4. The van der Waals surface area contributed by atoms with Gasteiger partial charge in [0.2, 0.25) is 0 Å². The quantitative estimate of drug-likeness (QED) is 0.794. The van der Waals surface area contributed by atoms with Gasteiger partial charge in [-0.05, 0) is 18.2 Å². The zero-order valence-electron chi connectivity index (χ0n) is 7.48. The van der Waals surface area contributed by atoms with Crippen LogP contribution in [0.3, 0.4) is 0 Å². The van der Waals surface area contributed by atoms with Crippen molar-refractivity contribution in [2.75, 3.05) is 18.5 Å². The highest BCUT2D eigenvalue weighted by atomic mass is 79.9. The summed E-state index contributed by atoms with van der Waals surface area (Å²) in [4.78, 5) is 1.16. The third kappa shape index (κ3) is 3.57. The standard InChI is InChI=1S/C9H9BrF3N/c1-14(6-9(11,12)13)8-4-2-3-7(10)5-8/h2-5H,6H2,1H3. The third-order valence-electron chi connectivity index (χ3n) is 1.67. The van der Waals surface area contributed by atoms with Crippen LogP contribution in [-0.4, -0.2) is 19.8 Å². The average Bonchev–Trinajstić information content (AvgIpc) is 2.01. The van der Waals surface area contributed by atoms with Crippen LogP contribution in [0.4, 0.5) is 18.9 Å². The molecule has 0 aliphatic rings. The van der Waals surface area contributed by atoms with E-state index < -0.39 is 12.7 Å². The first-order valence-corrected chi connectivity index (χ1v) is 4.71. The van der Waals surface area contributed by atoms with Crippen LogP contribution in [0.25, 0.3) is 0 Å². The maximum atomic E-state index is 12.0. The van der Waals surface area contributed by atoms with Gasteiger partial charge in [0, 0.05) is 17.2 Å². The van der Waals surface area contributed by atoms with Crippen molar-refractivity contribution in [3.8, 4) is 0 Å². The topological polar surface area (TPSA) is 3.24 Å². The lowest BCUT2D eigenvalue weighted by Gasteiger charge is -2.20. The number of rotatable bonds is 2. The normalized spacial score (nSPS) is 11.5. The molecular weight excluding hydrogens is 259 g/mol. The average molecular weight is 268 g/mol. The summed E-state index contributed by atoms with van der Waals surface area (Å²) >= 11 is 3.20. The number of benzene rings is 1. The maximum Gasteiger partial charge on any atom is 0.405 e. The second-order valence-corrected chi connectivity index (χ2v) is 3.87. The van der Waals surface area contributed by atoms with Gasteiger partial charge in [0.15, 0.2) is 0 Å². The van der Waals surface area contributed by atoms with Gasteiger partial charge in [-0.1, -0.05) is 22.0 Å². The van der Waals surface area contributed by atoms with Crippen LogP contribution < -0.4 is 4.90 Å². The smallest absolute Gasteiger partial charge is 0.366 e. The summed E-state index contributed by atoms with van der Waals surface area (Å²) in [5.41, 5.74) is 0.539. The molecule has 1 nitrogen and oxygen atoms in total. The minimum Gasteiger partial charge on any atom is -0.366 e. The van der Waals surface area contributed by atoms with Crippen LogP contribution in [0.1, 0.15) is 0 Å². The zero-order chi connectivity index (χ0) is 10.8. The first kappa shape index (κ1) is 11.4. The molecule has 14 heavy (non-hydrogen) atoms. The van der Waals surface area contributed by atoms with Crippen molar-refractivity contribution in [1.82, 2.24) is 0 Å². The molecular formula is C9H9BrF3N. The molecule has 0 aliphatic carbocycles. The van der Waals surface area contributed by atoms with Gasteiger partial charge < -0.3 is 4.90 Å². The van der Waals surface area contributed by atoms with Gasteiger partial charge in [0.25, 0.3) is 0 Å². The summed E-state index contributed by atoms with van der Waals surface area (Å²) in [6.45, 7) is -0.941. The van der Waals surface area contributed by atoms with Gasteiger partial charge in [-0.15, -0.1) is 0 Å². The van der Waals surface area contributed by atoms with Crippen LogP contribution in [-0.2, 0) is 0 Å². The highest BCUT2D eigenvalue weighted by Gasteiger charge is 2.29. The van der Waals surface area contributed by atoms with E-state index in [0.717, 1.165) is 9.37 Å². The fourth-order valence-corrected chi connectivity index (χ4v) is 1.46. The van der Waals surface area contributed by atoms with Crippen molar-refractivity contribution in [3.63, 3.8) is 0 Å². The number of alkyl halides is 3. The van der Waals surface area contributed by atoms with Gasteiger partial charge in [-0.3, -0.25) is 0 Å². The second kappa shape index (κ2) is 4.21.